The third kappa shape index (κ3) is 5.17. The van der Waals surface area contributed by atoms with E-state index >= 15 is 0 Å². The highest BCUT2D eigenvalue weighted by atomic mass is 35.5. The third-order valence-corrected chi connectivity index (χ3v) is 10.2. The van der Waals surface area contributed by atoms with Crippen molar-refractivity contribution in [3.8, 4) is 0 Å². The second-order valence-corrected chi connectivity index (χ2v) is 12.7. The number of halogens is 1. The van der Waals surface area contributed by atoms with Crippen molar-refractivity contribution in [3.05, 3.63) is 53.1 Å². The molecule has 2 fully saturated rings. The van der Waals surface area contributed by atoms with E-state index in [2.05, 4.69) is 4.98 Å². The van der Waals surface area contributed by atoms with Gasteiger partial charge in [0.1, 0.15) is 0 Å². The summed E-state index contributed by atoms with van der Waals surface area (Å²) in [5.74, 6) is -0.232. The summed E-state index contributed by atoms with van der Waals surface area (Å²) in [5, 5.41) is 1.19. The number of piperidine rings is 1. The number of sulfonamides is 1. The highest BCUT2D eigenvalue weighted by Gasteiger charge is 2.33. The fourth-order valence-corrected chi connectivity index (χ4v) is 8.02. The number of nitrogens with zero attached hydrogens (tertiary/aromatic N) is 3. The maximum Gasteiger partial charge on any atom is 0.260 e. The Labute approximate surface area is 221 Å². The van der Waals surface area contributed by atoms with E-state index in [0.717, 1.165) is 48.7 Å². The van der Waals surface area contributed by atoms with Crippen LogP contribution in [0.4, 0.5) is 5.13 Å². The summed E-state index contributed by atoms with van der Waals surface area (Å²) in [4.78, 5) is 20.2. The van der Waals surface area contributed by atoms with E-state index in [0.29, 0.717) is 35.4 Å². The van der Waals surface area contributed by atoms with Gasteiger partial charge in [-0.1, -0.05) is 36.3 Å². The SMILES string of the molecule is CCC1CCCCN1S(=O)(=O)c1ccc(C(=O)N(CC2CCCO2)c2nc3ccc(Cl)cc3s2)cc1. The fraction of sp³-hybridized carbons (Fsp3) is 0.462. The van der Waals surface area contributed by atoms with E-state index in [9.17, 15) is 13.2 Å². The molecule has 2 atom stereocenters. The Balaban J connectivity index is 1.43. The molecule has 0 saturated carbocycles. The molecule has 0 aliphatic carbocycles. The molecule has 2 aliphatic rings. The number of carbonyl (C=O) groups excluding carboxylic acids is 1. The number of aromatic nitrogens is 1. The van der Waals surface area contributed by atoms with Gasteiger partial charge in [0.15, 0.2) is 5.13 Å². The number of anilines is 1. The van der Waals surface area contributed by atoms with E-state index in [1.807, 2.05) is 19.1 Å². The molecule has 0 spiro atoms. The van der Waals surface area contributed by atoms with Crippen LogP contribution in [0.5, 0.6) is 0 Å². The number of hydrogen-bond donors (Lipinski definition) is 0. The van der Waals surface area contributed by atoms with Gasteiger partial charge in [-0.05, 0) is 74.6 Å². The molecule has 0 N–H and O–H groups in total. The largest absolute Gasteiger partial charge is 0.376 e. The van der Waals surface area contributed by atoms with Crippen LogP contribution in [0.1, 0.15) is 55.8 Å². The molecular weight excluding hydrogens is 518 g/mol. The Bertz CT molecular complexity index is 1340. The molecule has 5 rings (SSSR count). The summed E-state index contributed by atoms with van der Waals surface area (Å²) >= 11 is 7.56. The van der Waals surface area contributed by atoms with Gasteiger partial charge in [-0.25, -0.2) is 13.4 Å². The van der Waals surface area contributed by atoms with E-state index in [-0.39, 0.29) is 22.9 Å². The van der Waals surface area contributed by atoms with Crippen molar-refractivity contribution >= 4 is 54.2 Å². The smallest absolute Gasteiger partial charge is 0.260 e. The zero-order chi connectivity index (χ0) is 25.3. The van der Waals surface area contributed by atoms with Crippen LogP contribution in [-0.2, 0) is 14.8 Å². The van der Waals surface area contributed by atoms with Gasteiger partial charge in [0.05, 0.1) is 27.8 Å². The van der Waals surface area contributed by atoms with Gasteiger partial charge in [0.25, 0.3) is 5.91 Å². The van der Waals surface area contributed by atoms with Crippen LogP contribution in [0.25, 0.3) is 10.2 Å². The summed E-state index contributed by atoms with van der Waals surface area (Å²) in [6.45, 7) is 3.64. The molecule has 192 valence electrons. The van der Waals surface area contributed by atoms with Crippen LogP contribution >= 0.6 is 22.9 Å². The molecule has 3 heterocycles. The maximum absolute atomic E-state index is 13.7. The van der Waals surface area contributed by atoms with Crippen LogP contribution in [0.3, 0.4) is 0 Å². The van der Waals surface area contributed by atoms with Gasteiger partial charge in [0, 0.05) is 29.8 Å². The average Bonchev–Trinajstić information content (AvgIpc) is 3.56. The molecule has 2 aromatic carbocycles. The zero-order valence-electron chi connectivity index (χ0n) is 20.2. The summed E-state index contributed by atoms with van der Waals surface area (Å²) in [6.07, 6.45) is 5.39. The van der Waals surface area contributed by atoms with Gasteiger partial charge in [-0.15, -0.1) is 0 Å². The number of ether oxygens (including phenoxy) is 1. The van der Waals surface area contributed by atoms with Crippen molar-refractivity contribution < 1.29 is 17.9 Å². The van der Waals surface area contributed by atoms with E-state index < -0.39 is 10.0 Å². The van der Waals surface area contributed by atoms with Gasteiger partial charge >= 0.3 is 0 Å². The lowest BCUT2D eigenvalue weighted by molar-refractivity contribution is 0.0917. The lowest BCUT2D eigenvalue weighted by atomic mass is 10.0. The normalized spacial score (nSPS) is 21.2. The van der Waals surface area contributed by atoms with Crippen molar-refractivity contribution in [2.24, 2.45) is 0 Å². The number of carbonyl (C=O) groups is 1. The van der Waals surface area contributed by atoms with E-state index in [4.69, 9.17) is 16.3 Å². The highest BCUT2D eigenvalue weighted by molar-refractivity contribution is 7.89. The van der Waals surface area contributed by atoms with Gasteiger partial charge in [-0.3, -0.25) is 9.69 Å². The molecule has 10 heteroatoms. The second-order valence-electron chi connectivity index (χ2n) is 9.36. The number of amides is 1. The van der Waals surface area contributed by atoms with Crippen molar-refractivity contribution in [1.29, 1.82) is 0 Å². The van der Waals surface area contributed by atoms with Crippen LogP contribution < -0.4 is 4.90 Å². The third-order valence-electron chi connectivity index (χ3n) is 6.98. The predicted octanol–water partition coefficient (Wildman–Crippen LogP) is 5.73. The molecule has 1 aromatic heterocycles. The summed E-state index contributed by atoms with van der Waals surface area (Å²) < 4.78 is 35.0. The molecule has 7 nitrogen and oxygen atoms in total. The first kappa shape index (κ1) is 25.6. The van der Waals surface area contributed by atoms with Crippen LogP contribution in [0.2, 0.25) is 5.02 Å². The van der Waals surface area contributed by atoms with Gasteiger partial charge in [0.2, 0.25) is 10.0 Å². The fourth-order valence-electron chi connectivity index (χ4n) is 5.00. The summed E-state index contributed by atoms with van der Waals surface area (Å²) in [7, 11) is -3.61. The number of benzene rings is 2. The monoisotopic (exact) mass is 547 g/mol. The number of rotatable bonds is 7. The summed E-state index contributed by atoms with van der Waals surface area (Å²) in [5.41, 5.74) is 1.19. The Kier molecular flexibility index (Phi) is 7.65. The van der Waals surface area contributed by atoms with Crippen LogP contribution in [0, 0.1) is 0 Å². The molecule has 2 unspecified atom stereocenters. The van der Waals surface area contributed by atoms with Crippen molar-refractivity contribution in [2.75, 3.05) is 24.6 Å². The van der Waals surface area contributed by atoms with Crippen LogP contribution in [-0.4, -0.2) is 55.5 Å². The number of hydrogen-bond acceptors (Lipinski definition) is 6. The minimum Gasteiger partial charge on any atom is -0.376 e. The molecule has 2 saturated heterocycles. The van der Waals surface area contributed by atoms with Crippen molar-refractivity contribution in [3.63, 3.8) is 0 Å². The highest BCUT2D eigenvalue weighted by Crippen LogP contribution is 2.33. The Morgan fingerprint density at radius 2 is 1.97 bits per heavy atom. The first-order valence-corrected chi connectivity index (χ1v) is 15.1. The van der Waals surface area contributed by atoms with Gasteiger partial charge in [-0.2, -0.15) is 4.31 Å². The van der Waals surface area contributed by atoms with E-state index in [1.165, 1.54) is 11.3 Å². The first-order valence-electron chi connectivity index (χ1n) is 12.5. The molecule has 0 bridgehead atoms. The quantitative estimate of drug-likeness (QED) is 0.377. The average molecular weight is 548 g/mol. The lowest BCUT2D eigenvalue weighted by Gasteiger charge is -2.34. The molecular formula is C26H30ClN3O4S2. The Morgan fingerprint density at radius 1 is 1.17 bits per heavy atom. The Hall–Kier alpha value is -2.04. The zero-order valence-corrected chi connectivity index (χ0v) is 22.6. The van der Waals surface area contributed by atoms with Crippen molar-refractivity contribution in [2.45, 2.75) is 62.5 Å². The van der Waals surface area contributed by atoms with Crippen LogP contribution in [0.15, 0.2) is 47.4 Å². The maximum atomic E-state index is 13.7. The molecule has 0 radical (unpaired) electrons. The minimum absolute atomic E-state index is 0.0273. The second kappa shape index (κ2) is 10.8. The number of fused-ring (bicyclic) bond motifs is 1. The van der Waals surface area contributed by atoms with Crippen molar-refractivity contribution in [1.82, 2.24) is 9.29 Å². The standard InChI is InChI=1S/C26H30ClN3O4S2/c1-2-20-6-3-4-14-30(20)36(32,33)22-11-8-18(9-12-22)25(31)29(17-21-7-5-15-34-21)26-28-23-13-10-19(27)16-24(23)35-26/h8-13,16,20-21H,2-7,14-15,17H2,1H3. The van der Waals surface area contributed by atoms with E-state index in [1.54, 1.807) is 39.5 Å². The molecule has 1 amide bonds. The predicted molar refractivity (Wildman–Crippen MR) is 144 cm³/mol. The molecule has 3 aromatic rings. The topological polar surface area (TPSA) is 79.8 Å². The minimum atomic E-state index is -3.61. The first-order chi connectivity index (χ1) is 17.4. The Morgan fingerprint density at radius 3 is 2.69 bits per heavy atom. The number of thiazole rings is 1. The summed E-state index contributed by atoms with van der Waals surface area (Å²) in [6, 6.07) is 11.8. The molecule has 2 aliphatic heterocycles. The molecule has 36 heavy (non-hydrogen) atoms. The lowest BCUT2D eigenvalue weighted by Crippen LogP contribution is -2.43. The van der Waals surface area contributed by atoms with Gasteiger partial charge < -0.3 is 4.74 Å².